The number of thiazole rings is 1. The fourth-order valence-electron chi connectivity index (χ4n) is 2.34. The second kappa shape index (κ2) is 4.36. The quantitative estimate of drug-likeness (QED) is 0.825. The van der Waals surface area contributed by atoms with E-state index in [1.807, 2.05) is 0 Å². The van der Waals surface area contributed by atoms with Crippen molar-refractivity contribution in [1.82, 2.24) is 4.98 Å². The minimum atomic E-state index is -0.152. The van der Waals surface area contributed by atoms with E-state index in [-0.39, 0.29) is 11.0 Å². The first-order valence-electron chi connectivity index (χ1n) is 6.57. The molecule has 1 saturated carbocycles. The van der Waals surface area contributed by atoms with Gasteiger partial charge in [0.1, 0.15) is 5.01 Å². The molecule has 0 amide bonds. The van der Waals surface area contributed by atoms with Gasteiger partial charge in [0.05, 0.1) is 11.2 Å². The number of nitrogens with two attached hydrogens (primary N) is 1. The van der Waals surface area contributed by atoms with Gasteiger partial charge in [0, 0.05) is 10.8 Å². The van der Waals surface area contributed by atoms with Crippen LogP contribution >= 0.6 is 11.3 Å². The van der Waals surface area contributed by atoms with E-state index in [1.54, 1.807) is 11.3 Å². The molecule has 0 unspecified atom stereocenters. The third-order valence-corrected chi connectivity index (χ3v) is 4.93. The van der Waals surface area contributed by atoms with E-state index in [0.29, 0.717) is 0 Å². The number of rotatable bonds is 1. The maximum Gasteiger partial charge on any atom is 0.113 e. The minimum Gasteiger partial charge on any atom is -0.319 e. The summed E-state index contributed by atoms with van der Waals surface area (Å²) in [6, 6.07) is 0. The summed E-state index contributed by atoms with van der Waals surface area (Å²) < 4.78 is 0. The minimum absolute atomic E-state index is 0.132. The number of nitrogens with zero attached hydrogens (tertiary/aromatic N) is 1. The van der Waals surface area contributed by atoms with Gasteiger partial charge in [-0.05, 0) is 31.6 Å². The zero-order chi connectivity index (χ0) is 12.7. The van der Waals surface area contributed by atoms with Crippen LogP contribution in [0.1, 0.15) is 64.1 Å². The SMILES string of the molecule is CC1CCC(N)(c2nc(C(C)(C)C)cs2)CC1. The molecule has 2 rings (SSSR count). The average molecular weight is 252 g/mol. The highest BCUT2D eigenvalue weighted by Gasteiger charge is 2.35. The first kappa shape index (κ1) is 13.0. The third-order valence-electron chi connectivity index (χ3n) is 3.87. The van der Waals surface area contributed by atoms with Crippen LogP contribution in [-0.4, -0.2) is 4.98 Å². The van der Waals surface area contributed by atoms with E-state index in [9.17, 15) is 0 Å². The van der Waals surface area contributed by atoms with Crippen LogP contribution in [0, 0.1) is 5.92 Å². The zero-order valence-corrected chi connectivity index (χ0v) is 12.2. The summed E-state index contributed by atoms with van der Waals surface area (Å²) in [4.78, 5) is 4.80. The van der Waals surface area contributed by atoms with Gasteiger partial charge < -0.3 is 5.73 Å². The molecule has 1 fully saturated rings. The van der Waals surface area contributed by atoms with Crippen molar-refractivity contribution in [3.63, 3.8) is 0 Å². The van der Waals surface area contributed by atoms with Gasteiger partial charge in [0.2, 0.25) is 0 Å². The molecule has 0 spiro atoms. The summed E-state index contributed by atoms with van der Waals surface area (Å²) in [5, 5.41) is 3.33. The summed E-state index contributed by atoms with van der Waals surface area (Å²) in [7, 11) is 0. The largest absolute Gasteiger partial charge is 0.319 e. The van der Waals surface area contributed by atoms with Gasteiger partial charge in [0.15, 0.2) is 0 Å². The molecule has 0 saturated heterocycles. The van der Waals surface area contributed by atoms with E-state index in [2.05, 4.69) is 33.1 Å². The normalized spacial score (nSPS) is 30.5. The molecule has 1 aliphatic rings. The van der Waals surface area contributed by atoms with E-state index in [0.717, 1.165) is 23.8 Å². The molecule has 3 heteroatoms. The van der Waals surface area contributed by atoms with Gasteiger partial charge in [-0.25, -0.2) is 4.98 Å². The van der Waals surface area contributed by atoms with Crippen LogP contribution in [0.2, 0.25) is 0 Å². The number of hydrogen-bond acceptors (Lipinski definition) is 3. The third kappa shape index (κ3) is 2.71. The van der Waals surface area contributed by atoms with E-state index < -0.39 is 0 Å². The lowest BCUT2D eigenvalue weighted by Gasteiger charge is -2.34. The van der Waals surface area contributed by atoms with Gasteiger partial charge in [-0.1, -0.05) is 27.7 Å². The molecule has 2 N–H and O–H groups in total. The molecule has 1 aromatic rings. The second-order valence-corrected chi connectivity index (χ2v) is 7.48. The van der Waals surface area contributed by atoms with Crippen molar-refractivity contribution < 1.29 is 0 Å². The topological polar surface area (TPSA) is 38.9 Å². The van der Waals surface area contributed by atoms with Gasteiger partial charge in [-0.15, -0.1) is 11.3 Å². The predicted octanol–water partition coefficient (Wildman–Crippen LogP) is 3.80. The van der Waals surface area contributed by atoms with Crippen molar-refractivity contribution in [3.05, 3.63) is 16.1 Å². The monoisotopic (exact) mass is 252 g/mol. The fourth-order valence-corrected chi connectivity index (χ4v) is 3.56. The van der Waals surface area contributed by atoms with Crippen LogP contribution in [0.25, 0.3) is 0 Å². The zero-order valence-electron chi connectivity index (χ0n) is 11.4. The van der Waals surface area contributed by atoms with Crippen LogP contribution in [0.3, 0.4) is 0 Å². The summed E-state index contributed by atoms with van der Waals surface area (Å²) in [6.07, 6.45) is 4.65. The summed E-state index contributed by atoms with van der Waals surface area (Å²) >= 11 is 1.75. The summed E-state index contributed by atoms with van der Waals surface area (Å²) in [5.74, 6) is 0.828. The lowest BCUT2D eigenvalue weighted by molar-refractivity contribution is 0.246. The molecule has 1 aliphatic carbocycles. The average Bonchev–Trinajstić information content (AvgIpc) is 2.72. The van der Waals surface area contributed by atoms with Gasteiger partial charge in [-0.3, -0.25) is 0 Å². The van der Waals surface area contributed by atoms with Crippen LogP contribution in [0.15, 0.2) is 5.38 Å². The second-order valence-electron chi connectivity index (χ2n) is 6.63. The summed E-state index contributed by atoms with van der Waals surface area (Å²) in [5.41, 5.74) is 7.71. The Balaban J connectivity index is 2.20. The van der Waals surface area contributed by atoms with Crippen LogP contribution < -0.4 is 5.73 Å². The first-order valence-corrected chi connectivity index (χ1v) is 7.44. The molecule has 0 atom stereocenters. The molecule has 2 nitrogen and oxygen atoms in total. The lowest BCUT2D eigenvalue weighted by Crippen LogP contribution is -2.40. The molecule has 0 bridgehead atoms. The van der Waals surface area contributed by atoms with Crippen molar-refractivity contribution in [2.24, 2.45) is 11.7 Å². The van der Waals surface area contributed by atoms with Crippen LogP contribution in [-0.2, 0) is 11.0 Å². The Bertz CT molecular complexity index is 381. The Morgan fingerprint density at radius 3 is 2.41 bits per heavy atom. The molecule has 1 aromatic heterocycles. The summed E-state index contributed by atoms with van der Waals surface area (Å²) in [6.45, 7) is 8.94. The first-order chi connectivity index (χ1) is 7.81. The van der Waals surface area contributed by atoms with Crippen LogP contribution in [0.5, 0.6) is 0 Å². The molecule has 0 aromatic carbocycles. The Hall–Kier alpha value is -0.410. The van der Waals surface area contributed by atoms with Gasteiger partial charge >= 0.3 is 0 Å². The molecule has 0 aliphatic heterocycles. The van der Waals surface area contributed by atoms with Crippen molar-refractivity contribution >= 4 is 11.3 Å². The molecule has 96 valence electrons. The van der Waals surface area contributed by atoms with E-state index >= 15 is 0 Å². The molecular weight excluding hydrogens is 228 g/mol. The van der Waals surface area contributed by atoms with E-state index in [1.165, 1.54) is 18.5 Å². The molecule has 0 radical (unpaired) electrons. The Morgan fingerprint density at radius 1 is 1.35 bits per heavy atom. The molecule has 1 heterocycles. The lowest BCUT2D eigenvalue weighted by atomic mass is 9.78. The van der Waals surface area contributed by atoms with E-state index in [4.69, 9.17) is 10.7 Å². The smallest absolute Gasteiger partial charge is 0.113 e. The highest BCUT2D eigenvalue weighted by molar-refractivity contribution is 7.09. The predicted molar refractivity (Wildman–Crippen MR) is 74.3 cm³/mol. The maximum atomic E-state index is 6.55. The molecule has 17 heavy (non-hydrogen) atoms. The standard InChI is InChI=1S/C14H24N2S/c1-10-5-7-14(15,8-6-10)12-16-11(9-17-12)13(2,3)4/h9-10H,5-8,15H2,1-4H3. The number of hydrogen-bond donors (Lipinski definition) is 1. The van der Waals surface area contributed by atoms with Crippen molar-refractivity contribution in [2.45, 2.75) is 64.3 Å². The molecular formula is C14H24N2S. The number of aromatic nitrogens is 1. The Kier molecular flexibility index (Phi) is 3.34. The van der Waals surface area contributed by atoms with Crippen molar-refractivity contribution in [3.8, 4) is 0 Å². The highest BCUT2D eigenvalue weighted by atomic mass is 32.1. The Morgan fingerprint density at radius 2 is 1.94 bits per heavy atom. The van der Waals surface area contributed by atoms with Crippen molar-refractivity contribution in [1.29, 1.82) is 0 Å². The van der Waals surface area contributed by atoms with Crippen molar-refractivity contribution in [2.75, 3.05) is 0 Å². The van der Waals surface area contributed by atoms with Crippen LogP contribution in [0.4, 0.5) is 0 Å². The fraction of sp³-hybridized carbons (Fsp3) is 0.786. The Labute approximate surface area is 109 Å². The van der Waals surface area contributed by atoms with Gasteiger partial charge in [-0.2, -0.15) is 0 Å². The maximum absolute atomic E-state index is 6.55. The van der Waals surface area contributed by atoms with Gasteiger partial charge in [0.25, 0.3) is 0 Å². The highest BCUT2D eigenvalue weighted by Crippen LogP contribution is 2.39.